The molecular weight excluding hydrogens is 294 g/mol. The van der Waals surface area contributed by atoms with Gasteiger partial charge in [-0.15, -0.1) is 10.2 Å². The quantitative estimate of drug-likeness (QED) is 0.804. The van der Waals surface area contributed by atoms with Crippen LogP contribution < -0.4 is 5.32 Å². The Kier molecular flexibility index (Phi) is 3.54. The third-order valence-corrected chi connectivity index (χ3v) is 5.27. The van der Waals surface area contributed by atoms with Crippen LogP contribution in [-0.2, 0) is 19.4 Å². The molecule has 3 heterocycles. The zero-order valence-corrected chi connectivity index (χ0v) is 13.4. The second kappa shape index (κ2) is 5.68. The summed E-state index contributed by atoms with van der Waals surface area (Å²) in [6.07, 6.45) is 3.14. The molecule has 1 unspecified atom stereocenters. The first-order valence-electron chi connectivity index (χ1n) is 7.84. The number of benzene rings is 1. The van der Waals surface area contributed by atoms with Gasteiger partial charge in [-0.1, -0.05) is 30.4 Å². The second-order valence-electron chi connectivity index (χ2n) is 5.77. The Morgan fingerprint density at radius 1 is 1.32 bits per heavy atom. The van der Waals surface area contributed by atoms with Crippen LogP contribution in [0, 0.1) is 5.92 Å². The molecule has 0 bridgehead atoms. The lowest BCUT2D eigenvalue weighted by Gasteiger charge is -2.24. The lowest BCUT2D eigenvalue weighted by atomic mass is 9.99. The van der Waals surface area contributed by atoms with Gasteiger partial charge in [0.1, 0.15) is 11.6 Å². The van der Waals surface area contributed by atoms with Crippen molar-refractivity contribution in [2.75, 3.05) is 11.9 Å². The van der Waals surface area contributed by atoms with Crippen LogP contribution in [0.2, 0.25) is 0 Å². The minimum Gasteiger partial charge on any atom is -0.361 e. The number of para-hydroxylation sites is 1. The van der Waals surface area contributed by atoms with E-state index in [0.29, 0.717) is 5.92 Å². The summed E-state index contributed by atoms with van der Waals surface area (Å²) < 4.78 is 3.54. The van der Waals surface area contributed by atoms with Crippen LogP contribution in [0.1, 0.15) is 25.0 Å². The lowest BCUT2D eigenvalue weighted by molar-refractivity contribution is 0.375. The summed E-state index contributed by atoms with van der Waals surface area (Å²) in [4.78, 5) is 4.64. The molecule has 1 N–H and O–H groups in total. The highest BCUT2D eigenvalue weighted by atomic mass is 32.1. The number of thiazole rings is 1. The Hall–Kier alpha value is -1.95. The van der Waals surface area contributed by atoms with Gasteiger partial charge in [-0.25, -0.2) is 4.98 Å². The third-order valence-electron chi connectivity index (χ3n) is 4.27. The molecule has 6 heteroatoms. The molecule has 22 heavy (non-hydrogen) atoms. The number of fused-ring (bicyclic) bond motifs is 2. The van der Waals surface area contributed by atoms with Crippen LogP contribution in [0.15, 0.2) is 24.3 Å². The minimum absolute atomic E-state index is 0.612. The molecule has 0 aliphatic carbocycles. The van der Waals surface area contributed by atoms with E-state index in [1.165, 1.54) is 11.1 Å². The Labute approximate surface area is 133 Å². The summed E-state index contributed by atoms with van der Waals surface area (Å²) >= 11 is 1.73. The predicted molar refractivity (Wildman–Crippen MR) is 89.3 cm³/mol. The van der Waals surface area contributed by atoms with E-state index in [1.807, 2.05) is 6.07 Å². The number of hydrogen-bond donors (Lipinski definition) is 1. The Morgan fingerprint density at radius 3 is 3.09 bits per heavy atom. The molecule has 114 valence electrons. The number of nitrogens with zero attached hydrogens (tertiary/aromatic N) is 4. The fourth-order valence-corrected chi connectivity index (χ4v) is 3.93. The predicted octanol–water partition coefficient (Wildman–Crippen LogP) is 3.12. The van der Waals surface area contributed by atoms with Gasteiger partial charge in [0.15, 0.2) is 5.13 Å². The highest BCUT2D eigenvalue weighted by Crippen LogP contribution is 2.26. The standard InChI is InChI=1S/C16H19N5S/c1-2-14-19-20-15-8-7-11(10-21(14)15)9-17-16-18-12-5-3-4-6-13(12)22-16/h3-6,11H,2,7-10H2,1H3,(H,17,18). The molecule has 0 fully saturated rings. The molecule has 1 atom stereocenters. The van der Waals surface area contributed by atoms with Gasteiger partial charge in [0.25, 0.3) is 0 Å². The average molecular weight is 313 g/mol. The van der Waals surface area contributed by atoms with Crippen LogP contribution in [0.3, 0.4) is 0 Å². The first kappa shape index (κ1) is 13.7. The van der Waals surface area contributed by atoms with Crippen molar-refractivity contribution in [1.82, 2.24) is 19.7 Å². The smallest absolute Gasteiger partial charge is 0.183 e. The topological polar surface area (TPSA) is 55.6 Å². The van der Waals surface area contributed by atoms with Crippen molar-refractivity contribution < 1.29 is 0 Å². The first-order chi connectivity index (χ1) is 10.8. The third kappa shape index (κ3) is 2.47. The van der Waals surface area contributed by atoms with E-state index in [4.69, 9.17) is 0 Å². The van der Waals surface area contributed by atoms with Crippen LogP contribution >= 0.6 is 11.3 Å². The molecule has 3 aromatic rings. The lowest BCUT2D eigenvalue weighted by Crippen LogP contribution is -2.27. The van der Waals surface area contributed by atoms with Crippen LogP contribution in [-0.4, -0.2) is 26.3 Å². The van der Waals surface area contributed by atoms with Crippen molar-refractivity contribution in [3.8, 4) is 0 Å². The molecule has 0 radical (unpaired) electrons. The number of rotatable bonds is 4. The number of aryl methyl sites for hydroxylation is 2. The summed E-state index contributed by atoms with van der Waals surface area (Å²) in [6.45, 7) is 4.12. The molecular formula is C16H19N5S. The van der Waals surface area contributed by atoms with Crippen molar-refractivity contribution in [1.29, 1.82) is 0 Å². The van der Waals surface area contributed by atoms with Crippen molar-refractivity contribution in [2.45, 2.75) is 32.7 Å². The Morgan fingerprint density at radius 2 is 2.23 bits per heavy atom. The van der Waals surface area contributed by atoms with Crippen LogP contribution in [0.5, 0.6) is 0 Å². The van der Waals surface area contributed by atoms with Gasteiger partial charge >= 0.3 is 0 Å². The Balaban J connectivity index is 1.44. The van der Waals surface area contributed by atoms with Gasteiger partial charge in [0.05, 0.1) is 10.2 Å². The Bertz CT molecular complexity index is 744. The molecule has 0 saturated carbocycles. The highest BCUT2D eigenvalue weighted by Gasteiger charge is 2.22. The fourth-order valence-electron chi connectivity index (χ4n) is 3.06. The molecule has 0 amide bonds. The van der Waals surface area contributed by atoms with Crippen molar-refractivity contribution in [3.05, 3.63) is 35.9 Å². The van der Waals surface area contributed by atoms with Gasteiger partial charge in [-0.3, -0.25) is 0 Å². The van der Waals surface area contributed by atoms with Gasteiger partial charge in [0.2, 0.25) is 0 Å². The van der Waals surface area contributed by atoms with Gasteiger partial charge in [-0.05, 0) is 24.5 Å². The molecule has 4 rings (SSSR count). The van der Waals surface area contributed by atoms with Gasteiger partial charge in [-0.2, -0.15) is 0 Å². The second-order valence-corrected chi connectivity index (χ2v) is 6.80. The summed E-state index contributed by atoms with van der Waals surface area (Å²) in [5.74, 6) is 2.87. The van der Waals surface area contributed by atoms with E-state index in [1.54, 1.807) is 11.3 Å². The molecule has 1 aliphatic rings. The zero-order valence-electron chi connectivity index (χ0n) is 12.6. The summed E-state index contributed by atoms with van der Waals surface area (Å²) in [7, 11) is 0. The fraction of sp³-hybridized carbons (Fsp3) is 0.438. The maximum atomic E-state index is 4.64. The van der Waals surface area contributed by atoms with E-state index in [2.05, 4.69) is 50.2 Å². The van der Waals surface area contributed by atoms with E-state index in [-0.39, 0.29) is 0 Å². The van der Waals surface area contributed by atoms with Crippen molar-refractivity contribution >= 4 is 26.7 Å². The zero-order chi connectivity index (χ0) is 14.9. The minimum atomic E-state index is 0.612. The normalized spacial score (nSPS) is 17.6. The van der Waals surface area contributed by atoms with Crippen LogP contribution in [0.25, 0.3) is 10.2 Å². The average Bonchev–Trinajstić information content (AvgIpc) is 3.15. The van der Waals surface area contributed by atoms with E-state index >= 15 is 0 Å². The van der Waals surface area contributed by atoms with Crippen molar-refractivity contribution in [2.24, 2.45) is 5.92 Å². The number of nitrogens with one attached hydrogen (secondary N) is 1. The van der Waals surface area contributed by atoms with Gasteiger partial charge in [0, 0.05) is 25.9 Å². The van der Waals surface area contributed by atoms with Gasteiger partial charge < -0.3 is 9.88 Å². The number of hydrogen-bond acceptors (Lipinski definition) is 5. The highest BCUT2D eigenvalue weighted by molar-refractivity contribution is 7.22. The number of anilines is 1. The summed E-state index contributed by atoms with van der Waals surface area (Å²) in [5, 5.41) is 13.1. The molecule has 1 aliphatic heterocycles. The first-order valence-corrected chi connectivity index (χ1v) is 8.65. The maximum absolute atomic E-state index is 4.64. The molecule has 2 aromatic heterocycles. The van der Waals surface area contributed by atoms with Crippen LogP contribution in [0.4, 0.5) is 5.13 Å². The maximum Gasteiger partial charge on any atom is 0.183 e. The molecule has 0 spiro atoms. The summed E-state index contributed by atoms with van der Waals surface area (Å²) in [6, 6.07) is 8.28. The monoisotopic (exact) mass is 313 g/mol. The SMILES string of the molecule is CCc1nnc2n1CC(CNc1nc3ccccc3s1)CC2. The summed E-state index contributed by atoms with van der Waals surface area (Å²) in [5.41, 5.74) is 1.08. The largest absolute Gasteiger partial charge is 0.361 e. The molecule has 5 nitrogen and oxygen atoms in total. The van der Waals surface area contributed by atoms with E-state index < -0.39 is 0 Å². The van der Waals surface area contributed by atoms with Crippen molar-refractivity contribution in [3.63, 3.8) is 0 Å². The molecule has 1 aromatic carbocycles. The van der Waals surface area contributed by atoms with E-state index in [9.17, 15) is 0 Å². The molecule has 0 saturated heterocycles. The number of aromatic nitrogens is 4. The van der Waals surface area contributed by atoms with E-state index in [0.717, 1.165) is 48.2 Å².